The lowest BCUT2D eigenvalue weighted by atomic mass is 10.1. The second-order valence-electron chi connectivity index (χ2n) is 6.77. The Bertz CT molecular complexity index is 742. The minimum atomic E-state index is -1.06. The molecule has 154 valence electrons. The molecule has 0 aliphatic rings. The molecule has 0 radical (unpaired) electrons. The third-order valence-corrected chi connectivity index (χ3v) is 4.02. The topological polar surface area (TPSA) is 82.7 Å². The Labute approximate surface area is 166 Å². The van der Waals surface area contributed by atoms with E-state index in [9.17, 15) is 4.79 Å². The van der Waals surface area contributed by atoms with E-state index < -0.39 is 11.6 Å². The van der Waals surface area contributed by atoms with E-state index in [1.54, 1.807) is 39.1 Å². The zero-order valence-corrected chi connectivity index (χ0v) is 17.1. The number of rotatable bonds is 12. The maximum Gasteiger partial charge on any atom is 0.349 e. The predicted molar refractivity (Wildman–Crippen MR) is 106 cm³/mol. The van der Waals surface area contributed by atoms with Crippen LogP contribution < -0.4 is 14.2 Å². The summed E-state index contributed by atoms with van der Waals surface area (Å²) in [5.41, 5.74) is 0.0239. The summed E-state index contributed by atoms with van der Waals surface area (Å²) in [6.07, 6.45) is 4.55. The van der Waals surface area contributed by atoms with Crippen LogP contribution in [-0.4, -0.2) is 41.6 Å². The lowest BCUT2D eigenvalue weighted by Crippen LogP contribution is -2.39. The van der Waals surface area contributed by atoms with Crippen molar-refractivity contribution >= 4 is 5.97 Å². The van der Waals surface area contributed by atoms with Crippen molar-refractivity contribution < 1.29 is 23.7 Å². The number of benzene rings is 1. The van der Waals surface area contributed by atoms with Crippen molar-refractivity contribution in [1.29, 1.82) is 0 Å². The first kappa shape index (κ1) is 21.6. The third-order valence-electron chi connectivity index (χ3n) is 4.02. The van der Waals surface area contributed by atoms with Gasteiger partial charge in [-0.1, -0.05) is 6.07 Å². The van der Waals surface area contributed by atoms with Crippen molar-refractivity contribution in [3.63, 3.8) is 0 Å². The Balaban J connectivity index is 1.78. The van der Waals surface area contributed by atoms with Gasteiger partial charge in [0.15, 0.2) is 5.60 Å². The Hall–Kier alpha value is -2.70. The number of esters is 1. The molecule has 0 fully saturated rings. The van der Waals surface area contributed by atoms with E-state index in [4.69, 9.17) is 18.9 Å². The molecule has 0 atom stereocenters. The lowest BCUT2D eigenvalue weighted by Gasteiger charge is -2.24. The largest absolute Gasteiger partial charge is 0.493 e. The minimum absolute atomic E-state index is 0.319. The summed E-state index contributed by atoms with van der Waals surface area (Å²) in [7, 11) is 0. The van der Waals surface area contributed by atoms with Crippen LogP contribution in [0.3, 0.4) is 0 Å². The summed E-state index contributed by atoms with van der Waals surface area (Å²) >= 11 is 0. The van der Waals surface area contributed by atoms with Crippen LogP contribution in [0.15, 0.2) is 30.5 Å². The SMILES string of the molecule is CCOC(=O)C(C)(C)Oc1cccc(OCCCCc2cn[nH]c2OCC)c1. The normalized spacial score (nSPS) is 11.1. The second-order valence-corrected chi connectivity index (χ2v) is 6.77. The molecule has 28 heavy (non-hydrogen) atoms. The van der Waals surface area contributed by atoms with E-state index in [-0.39, 0.29) is 0 Å². The Morgan fingerprint density at radius 1 is 1.11 bits per heavy atom. The minimum Gasteiger partial charge on any atom is -0.493 e. The van der Waals surface area contributed by atoms with Gasteiger partial charge in [-0.15, -0.1) is 0 Å². The van der Waals surface area contributed by atoms with Gasteiger partial charge in [-0.2, -0.15) is 5.10 Å². The van der Waals surface area contributed by atoms with Gasteiger partial charge < -0.3 is 18.9 Å². The number of hydrogen-bond donors (Lipinski definition) is 1. The Morgan fingerprint density at radius 2 is 1.89 bits per heavy atom. The van der Waals surface area contributed by atoms with Crippen molar-refractivity contribution in [2.24, 2.45) is 0 Å². The maximum atomic E-state index is 12.0. The first-order valence-corrected chi connectivity index (χ1v) is 9.70. The van der Waals surface area contributed by atoms with Crippen LogP contribution in [0, 0.1) is 0 Å². The highest BCUT2D eigenvalue weighted by Gasteiger charge is 2.31. The standard InChI is InChI=1S/C21H30N2O5/c1-5-25-19-16(15-22-23-19)10-7-8-13-27-17-11-9-12-18(14-17)28-21(3,4)20(24)26-6-2/h9,11-12,14-15H,5-8,10,13H2,1-4H3,(H,22,23). The number of ether oxygens (including phenoxy) is 4. The molecule has 0 aliphatic heterocycles. The molecular weight excluding hydrogens is 360 g/mol. The number of carbonyl (C=O) groups is 1. The first-order valence-electron chi connectivity index (χ1n) is 9.70. The molecular formula is C21H30N2O5. The van der Waals surface area contributed by atoms with Crippen molar-refractivity contribution in [3.8, 4) is 17.4 Å². The number of aromatic nitrogens is 2. The van der Waals surface area contributed by atoms with Gasteiger partial charge in [0, 0.05) is 11.6 Å². The fourth-order valence-electron chi connectivity index (χ4n) is 2.62. The first-order chi connectivity index (χ1) is 13.5. The number of carbonyl (C=O) groups excluding carboxylic acids is 1. The molecule has 0 saturated heterocycles. The van der Waals surface area contributed by atoms with Gasteiger partial charge in [0.2, 0.25) is 5.88 Å². The summed E-state index contributed by atoms with van der Waals surface area (Å²) in [5, 5.41) is 6.89. The van der Waals surface area contributed by atoms with Crippen LogP contribution in [0.25, 0.3) is 0 Å². The van der Waals surface area contributed by atoms with E-state index in [1.807, 2.05) is 19.1 Å². The van der Waals surface area contributed by atoms with Crippen LogP contribution in [0.5, 0.6) is 17.4 Å². The second kappa shape index (κ2) is 10.6. The van der Waals surface area contributed by atoms with E-state index in [1.165, 1.54) is 0 Å². The number of nitrogens with one attached hydrogen (secondary N) is 1. The van der Waals surface area contributed by atoms with Crippen LogP contribution in [0.4, 0.5) is 0 Å². The highest BCUT2D eigenvalue weighted by atomic mass is 16.6. The van der Waals surface area contributed by atoms with Crippen LogP contribution >= 0.6 is 0 Å². The summed E-state index contributed by atoms with van der Waals surface area (Å²) in [5.74, 6) is 1.62. The van der Waals surface area contributed by atoms with Gasteiger partial charge in [0.05, 0.1) is 26.0 Å². The van der Waals surface area contributed by atoms with Crippen molar-refractivity contribution in [1.82, 2.24) is 10.2 Å². The monoisotopic (exact) mass is 390 g/mol. The number of H-pyrrole nitrogens is 1. The molecule has 2 rings (SSSR count). The zero-order valence-electron chi connectivity index (χ0n) is 17.1. The van der Waals surface area contributed by atoms with E-state index in [2.05, 4.69) is 10.2 Å². The lowest BCUT2D eigenvalue weighted by molar-refractivity contribution is -0.158. The van der Waals surface area contributed by atoms with Gasteiger partial charge in [0.1, 0.15) is 11.5 Å². The van der Waals surface area contributed by atoms with E-state index in [0.717, 1.165) is 30.7 Å². The third kappa shape index (κ3) is 6.48. The summed E-state index contributed by atoms with van der Waals surface area (Å²) in [6.45, 7) is 8.61. The molecule has 1 aromatic heterocycles. The van der Waals surface area contributed by atoms with Crippen LogP contribution in [0.2, 0.25) is 0 Å². The van der Waals surface area contributed by atoms with Crippen molar-refractivity contribution in [2.45, 2.75) is 52.6 Å². The molecule has 1 N–H and O–H groups in total. The molecule has 0 saturated carbocycles. The molecule has 0 bridgehead atoms. The molecule has 7 nitrogen and oxygen atoms in total. The van der Waals surface area contributed by atoms with Crippen LogP contribution in [0.1, 0.15) is 46.1 Å². The molecule has 7 heteroatoms. The number of nitrogens with zero attached hydrogens (tertiary/aromatic N) is 1. The summed E-state index contributed by atoms with van der Waals surface area (Å²) < 4.78 is 22.1. The summed E-state index contributed by atoms with van der Waals surface area (Å²) in [4.78, 5) is 12.0. The van der Waals surface area contributed by atoms with Gasteiger partial charge in [0.25, 0.3) is 0 Å². The molecule has 2 aromatic rings. The average molecular weight is 390 g/mol. The number of hydrogen-bond acceptors (Lipinski definition) is 6. The molecule has 1 aromatic carbocycles. The molecule has 0 spiro atoms. The number of unbranched alkanes of at least 4 members (excludes halogenated alkanes) is 1. The van der Waals surface area contributed by atoms with Crippen LogP contribution in [-0.2, 0) is 16.0 Å². The molecule has 0 amide bonds. The molecule has 0 unspecified atom stereocenters. The van der Waals surface area contributed by atoms with E-state index >= 15 is 0 Å². The number of aromatic amines is 1. The maximum absolute atomic E-state index is 12.0. The average Bonchev–Trinajstić information content (AvgIpc) is 3.09. The highest BCUT2D eigenvalue weighted by Crippen LogP contribution is 2.24. The van der Waals surface area contributed by atoms with Crippen molar-refractivity contribution in [2.75, 3.05) is 19.8 Å². The highest BCUT2D eigenvalue weighted by molar-refractivity contribution is 5.79. The molecule has 0 aliphatic carbocycles. The Kier molecular flexibility index (Phi) is 8.17. The predicted octanol–water partition coefficient (Wildman–Crippen LogP) is 3.93. The fraction of sp³-hybridized carbons (Fsp3) is 0.524. The van der Waals surface area contributed by atoms with Gasteiger partial charge >= 0.3 is 5.97 Å². The smallest absolute Gasteiger partial charge is 0.349 e. The van der Waals surface area contributed by atoms with Gasteiger partial charge in [-0.05, 0) is 59.1 Å². The Morgan fingerprint density at radius 3 is 2.64 bits per heavy atom. The van der Waals surface area contributed by atoms with Gasteiger partial charge in [-0.3, -0.25) is 0 Å². The zero-order chi connectivity index (χ0) is 20.4. The van der Waals surface area contributed by atoms with E-state index in [0.29, 0.717) is 31.3 Å². The van der Waals surface area contributed by atoms with Crippen molar-refractivity contribution in [3.05, 3.63) is 36.0 Å². The summed E-state index contributed by atoms with van der Waals surface area (Å²) in [6, 6.07) is 7.28. The quantitative estimate of drug-likeness (QED) is 0.437. The number of aryl methyl sites for hydroxylation is 1. The fourth-order valence-corrected chi connectivity index (χ4v) is 2.62. The van der Waals surface area contributed by atoms with Gasteiger partial charge in [-0.25, -0.2) is 9.89 Å². The molecule has 1 heterocycles.